The van der Waals surface area contributed by atoms with Crippen LogP contribution in [0.3, 0.4) is 0 Å². The van der Waals surface area contributed by atoms with Gasteiger partial charge in [-0.3, -0.25) is 14.5 Å². The van der Waals surface area contributed by atoms with Crippen molar-refractivity contribution in [3.8, 4) is 5.75 Å². The lowest BCUT2D eigenvalue weighted by atomic mass is 10.2. The van der Waals surface area contributed by atoms with Gasteiger partial charge in [-0.25, -0.2) is 0 Å². The summed E-state index contributed by atoms with van der Waals surface area (Å²) in [4.78, 5) is 26.0. The van der Waals surface area contributed by atoms with E-state index in [0.717, 1.165) is 32.8 Å². The van der Waals surface area contributed by atoms with E-state index in [2.05, 4.69) is 15.5 Å². The fraction of sp³-hybridized carbons (Fsp3) is 0.500. The Hall–Kier alpha value is -2.12. The van der Waals surface area contributed by atoms with Crippen LogP contribution in [0.25, 0.3) is 0 Å². The minimum absolute atomic E-state index is 0.0425. The van der Waals surface area contributed by atoms with Gasteiger partial charge >= 0.3 is 0 Å². The summed E-state index contributed by atoms with van der Waals surface area (Å²) in [6.45, 7) is 4.58. The van der Waals surface area contributed by atoms with Gasteiger partial charge in [0.05, 0.1) is 26.9 Å². The first-order chi connectivity index (χ1) is 11.2. The molecule has 0 saturated carbocycles. The number of carbonyl (C=O) groups is 2. The van der Waals surface area contributed by atoms with Crippen molar-refractivity contribution in [2.75, 3.05) is 53.0 Å². The van der Waals surface area contributed by atoms with E-state index in [1.165, 1.54) is 0 Å². The molecule has 0 bridgehead atoms. The van der Waals surface area contributed by atoms with E-state index in [9.17, 15) is 9.59 Å². The van der Waals surface area contributed by atoms with Gasteiger partial charge in [0, 0.05) is 31.7 Å². The van der Waals surface area contributed by atoms with Gasteiger partial charge in [-0.1, -0.05) is 6.07 Å². The summed E-state index contributed by atoms with van der Waals surface area (Å²) < 4.78 is 10.3. The zero-order valence-electron chi connectivity index (χ0n) is 13.3. The third-order valence-corrected chi connectivity index (χ3v) is 3.60. The number of hydrogen-bond donors (Lipinski definition) is 2. The molecule has 1 fully saturated rings. The molecule has 1 heterocycles. The fourth-order valence-corrected chi connectivity index (χ4v) is 2.27. The highest BCUT2D eigenvalue weighted by Crippen LogP contribution is 2.12. The zero-order valence-corrected chi connectivity index (χ0v) is 13.3. The molecule has 0 aliphatic carbocycles. The van der Waals surface area contributed by atoms with Crippen LogP contribution in [0, 0.1) is 0 Å². The average Bonchev–Trinajstić information content (AvgIpc) is 2.60. The zero-order chi connectivity index (χ0) is 16.5. The molecule has 2 N–H and O–H groups in total. The Morgan fingerprint density at radius 2 is 2.04 bits per heavy atom. The van der Waals surface area contributed by atoms with Gasteiger partial charge in [-0.05, 0) is 18.2 Å². The summed E-state index contributed by atoms with van der Waals surface area (Å²) in [5.74, 6) is 0.106. The lowest BCUT2D eigenvalue weighted by molar-refractivity contribution is -0.120. The molecular weight excluding hydrogens is 298 g/mol. The maximum absolute atomic E-state index is 12.0. The van der Waals surface area contributed by atoms with E-state index in [1.54, 1.807) is 31.4 Å². The van der Waals surface area contributed by atoms with Crippen LogP contribution in [0.1, 0.15) is 10.4 Å². The number of benzene rings is 1. The molecule has 0 radical (unpaired) electrons. The van der Waals surface area contributed by atoms with Crippen molar-refractivity contribution in [2.45, 2.75) is 0 Å². The Morgan fingerprint density at radius 1 is 1.26 bits per heavy atom. The molecule has 7 nitrogen and oxygen atoms in total. The number of nitrogens with zero attached hydrogens (tertiary/aromatic N) is 1. The summed E-state index contributed by atoms with van der Waals surface area (Å²) in [7, 11) is 1.54. The molecular formula is C16H23N3O4. The van der Waals surface area contributed by atoms with Gasteiger partial charge in [-0.15, -0.1) is 0 Å². The molecule has 1 saturated heterocycles. The summed E-state index contributed by atoms with van der Waals surface area (Å²) >= 11 is 0. The third-order valence-electron chi connectivity index (χ3n) is 3.60. The van der Waals surface area contributed by atoms with E-state index in [-0.39, 0.29) is 18.4 Å². The predicted octanol–water partition coefficient (Wildman–Crippen LogP) is -0.127. The van der Waals surface area contributed by atoms with Crippen molar-refractivity contribution in [2.24, 2.45) is 0 Å². The largest absolute Gasteiger partial charge is 0.497 e. The van der Waals surface area contributed by atoms with Crippen molar-refractivity contribution in [1.82, 2.24) is 15.5 Å². The maximum Gasteiger partial charge on any atom is 0.251 e. The Balaban J connectivity index is 1.66. The Kier molecular flexibility index (Phi) is 6.83. The average molecular weight is 321 g/mol. The number of rotatable bonds is 7. The number of carbonyl (C=O) groups excluding carboxylic acids is 2. The molecule has 0 atom stereocenters. The van der Waals surface area contributed by atoms with E-state index in [1.807, 2.05) is 0 Å². The lowest BCUT2D eigenvalue weighted by Crippen LogP contribution is -2.43. The molecule has 0 spiro atoms. The topological polar surface area (TPSA) is 79.9 Å². The number of amides is 2. The maximum atomic E-state index is 12.0. The molecule has 7 heteroatoms. The van der Waals surface area contributed by atoms with Crippen LogP contribution in [0.5, 0.6) is 5.75 Å². The van der Waals surface area contributed by atoms with Crippen molar-refractivity contribution in [1.29, 1.82) is 0 Å². The second-order valence-electron chi connectivity index (χ2n) is 5.22. The summed E-state index contributed by atoms with van der Waals surface area (Å²) in [6.07, 6.45) is 0. The van der Waals surface area contributed by atoms with Crippen molar-refractivity contribution < 1.29 is 19.1 Å². The molecule has 1 aromatic carbocycles. The monoisotopic (exact) mass is 321 g/mol. The number of ether oxygens (including phenoxy) is 2. The van der Waals surface area contributed by atoms with Gasteiger partial charge in [-0.2, -0.15) is 0 Å². The summed E-state index contributed by atoms with van der Waals surface area (Å²) in [5, 5.41) is 5.40. The summed E-state index contributed by atoms with van der Waals surface area (Å²) in [6, 6.07) is 6.80. The minimum Gasteiger partial charge on any atom is -0.497 e. The first-order valence-corrected chi connectivity index (χ1v) is 7.68. The van der Waals surface area contributed by atoms with Gasteiger partial charge in [0.2, 0.25) is 5.91 Å². The number of hydrogen-bond acceptors (Lipinski definition) is 5. The van der Waals surface area contributed by atoms with Crippen molar-refractivity contribution >= 4 is 11.8 Å². The lowest BCUT2D eigenvalue weighted by Gasteiger charge is -2.26. The Bertz CT molecular complexity index is 530. The van der Waals surface area contributed by atoms with Crippen LogP contribution < -0.4 is 15.4 Å². The Labute approximate surface area is 135 Å². The molecule has 1 aromatic rings. The van der Waals surface area contributed by atoms with Gasteiger partial charge < -0.3 is 20.1 Å². The van der Waals surface area contributed by atoms with Crippen molar-refractivity contribution in [3.63, 3.8) is 0 Å². The SMILES string of the molecule is COc1cccc(C(=O)NCC(=O)NCCN2CCOCC2)c1. The van der Waals surface area contributed by atoms with Gasteiger partial charge in [0.15, 0.2) is 0 Å². The molecule has 2 amide bonds. The van der Waals surface area contributed by atoms with Crippen LogP contribution in [0.4, 0.5) is 0 Å². The van der Waals surface area contributed by atoms with E-state index < -0.39 is 0 Å². The van der Waals surface area contributed by atoms with Crippen LogP contribution in [0.15, 0.2) is 24.3 Å². The Morgan fingerprint density at radius 3 is 2.78 bits per heavy atom. The predicted molar refractivity (Wildman–Crippen MR) is 85.6 cm³/mol. The summed E-state index contributed by atoms with van der Waals surface area (Å²) in [5.41, 5.74) is 0.463. The first-order valence-electron chi connectivity index (χ1n) is 7.68. The molecule has 1 aliphatic rings. The normalized spacial score (nSPS) is 15.0. The quantitative estimate of drug-likeness (QED) is 0.731. The number of methoxy groups -OCH3 is 1. The van der Waals surface area contributed by atoms with E-state index in [4.69, 9.17) is 9.47 Å². The second kappa shape index (κ2) is 9.12. The highest BCUT2D eigenvalue weighted by atomic mass is 16.5. The molecule has 126 valence electrons. The van der Waals surface area contributed by atoms with Crippen LogP contribution >= 0.6 is 0 Å². The van der Waals surface area contributed by atoms with E-state index in [0.29, 0.717) is 17.9 Å². The highest BCUT2D eigenvalue weighted by molar-refractivity contribution is 5.96. The van der Waals surface area contributed by atoms with Crippen LogP contribution in [-0.4, -0.2) is 69.8 Å². The third kappa shape index (κ3) is 5.88. The fourth-order valence-electron chi connectivity index (χ4n) is 2.27. The molecule has 23 heavy (non-hydrogen) atoms. The first kappa shape index (κ1) is 17.2. The van der Waals surface area contributed by atoms with Crippen LogP contribution in [0.2, 0.25) is 0 Å². The van der Waals surface area contributed by atoms with Crippen molar-refractivity contribution in [3.05, 3.63) is 29.8 Å². The molecule has 1 aliphatic heterocycles. The molecule has 0 unspecified atom stereocenters. The number of nitrogens with one attached hydrogen (secondary N) is 2. The smallest absolute Gasteiger partial charge is 0.251 e. The standard InChI is InChI=1S/C16H23N3O4/c1-22-14-4-2-3-13(11-14)16(21)18-12-15(20)17-5-6-19-7-9-23-10-8-19/h2-4,11H,5-10,12H2,1H3,(H,17,20)(H,18,21). The number of morpholine rings is 1. The van der Waals surface area contributed by atoms with Crippen LogP contribution in [-0.2, 0) is 9.53 Å². The van der Waals surface area contributed by atoms with Gasteiger partial charge in [0.1, 0.15) is 5.75 Å². The molecule has 0 aromatic heterocycles. The van der Waals surface area contributed by atoms with E-state index >= 15 is 0 Å². The van der Waals surface area contributed by atoms with Gasteiger partial charge in [0.25, 0.3) is 5.91 Å². The second-order valence-corrected chi connectivity index (χ2v) is 5.22. The minimum atomic E-state index is -0.299. The molecule has 2 rings (SSSR count). The highest BCUT2D eigenvalue weighted by Gasteiger charge is 2.11.